The summed E-state index contributed by atoms with van der Waals surface area (Å²) >= 11 is 0. The molecule has 1 aromatic carbocycles. The molecule has 21 heavy (non-hydrogen) atoms. The maximum absolute atomic E-state index is 13.2. The van der Waals surface area contributed by atoms with Crippen molar-refractivity contribution in [2.24, 2.45) is 0 Å². The predicted octanol–water partition coefficient (Wildman–Crippen LogP) is 2.89. The van der Waals surface area contributed by atoms with Crippen molar-refractivity contribution >= 4 is 11.9 Å². The van der Waals surface area contributed by atoms with Gasteiger partial charge in [-0.15, -0.1) is 0 Å². The minimum Gasteiger partial charge on any atom is -0.478 e. The zero-order valence-electron chi connectivity index (χ0n) is 11.3. The first kappa shape index (κ1) is 15.2. The first-order chi connectivity index (χ1) is 9.99. The lowest BCUT2D eigenvalue weighted by Crippen LogP contribution is -2.27. The fourth-order valence-corrected chi connectivity index (χ4v) is 2.31. The molecule has 6 heteroatoms. The normalized spacial score (nSPS) is 13.9. The number of halogens is 2. The summed E-state index contributed by atoms with van der Waals surface area (Å²) in [4.78, 5) is 22.9. The van der Waals surface area contributed by atoms with Crippen LogP contribution < -0.4 is 5.32 Å². The highest BCUT2D eigenvalue weighted by atomic mass is 19.2. The molecule has 0 heterocycles. The van der Waals surface area contributed by atoms with Crippen LogP contribution in [0.15, 0.2) is 23.8 Å². The SMILES string of the molecule is O=C(O)c1cc(F)c(F)cc1C(=O)NCCC1=CCCC1. The molecule has 0 fully saturated rings. The van der Waals surface area contributed by atoms with Crippen LogP contribution in [0.1, 0.15) is 46.4 Å². The van der Waals surface area contributed by atoms with E-state index in [9.17, 15) is 18.4 Å². The van der Waals surface area contributed by atoms with Gasteiger partial charge in [0.15, 0.2) is 11.6 Å². The molecule has 2 rings (SSSR count). The second-order valence-corrected chi connectivity index (χ2v) is 4.88. The van der Waals surface area contributed by atoms with Gasteiger partial charge in [-0.1, -0.05) is 11.6 Å². The van der Waals surface area contributed by atoms with E-state index in [1.807, 2.05) is 0 Å². The molecule has 0 radical (unpaired) electrons. The minimum atomic E-state index is -1.47. The summed E-state index contributed by atoms with van der Waals surface area (Å²) in [6.07, 6.45) is 5.94. The molecular weight excluding hydrogens is 280 g/mol. The van der Waals surface area contributed by atoms with E-state index in [2.05, 4.69) is 11.4 Å². The van der Waals surface area contributed by atoms with Gasteiger partial charge in [0.1, 0.15) is 0 Å². The summed E-state index contributed by atoms with van der Waals surface area (Å²) in [5.74, 6) is -4.73. The molecular formula is C15H15F2NO3. The van der Waals surface area contributed by atoms with Crippen molar-refractivity contribution in [1.29, 1.82) is 0 Å². The molecule has 1 amide bonds. The number of carboxylic acids is 1. The first-order valence-corrected chi connectivity index (χ1v) is 6.67. The van der Waals surface area contributed by atoms with Crippen LogP contribution in [0.25, 0.3) is 0 Å². The predicted molar refractivity (Wildman–Crippen MR) is 72.2 cm³/mol. The Labute approximate surface area is 120 Å². The van der Waals surface area contributed by atoms with E-state index >= 15 is 0 Å². The summed E-state index contributed by atoms with van der Waals surface area (Å²) in [7, 11) is 0. The molecule has 0 saturated heterocycles. The maximum Gasteiger partial charge on any atom is 0.336 e. The molecule has 0 spiro atoms. The number of nitrogens with one attached hydrogen (secondary N) is 1. The van der Waals surface area contributed by atoms with Gasteiger partial charge in [-0.3, -0.25) is 4.79 Å². The number of rotatable bonds is 5. The van der Waals surface area contributed by atoms with Gasteiger partial charge in [0.25, 0.3) is 5.91 Å². The van der Waals surface area contributed by atoms with Crippen LogP contribution >= 0.6 is 0 Å². The smallest absolute Gasteiger partial charge is 0.336 e. The Morgan fingerprint density at radius 3 is 2.43 bits per heavy atom. The number of carboxylic acid groups (broad SMARTS) is 1. The third-order valence-corrected chi connectivity index (χ3v) is 3.40. The maximum atomic E-state index is 13.2. The number of allylic oxidation sites excluding steroid dienone is 1. The van der Waals surface area contributed by atoms with Crippen LogP contribution in [0, 0.1) is 11.6 Å². The lowest BCUT2D eigenvalue weighted by atomic mass is 10.1. The van der Waals surface area contributed by atoms with E-state index in [0.717, 1.165) is 19.3 Å². The fraction of sp³-hybridized carbons (Fsp3) is 0.333. The Balaban J connectivity index is 2.07. The van der Waals surface area contributed by atoms with E-state index in [4.69, 9.17) is 5.11 Å². The number of amides is 1. The highest BCUT2D eigenvalue weighted by Gasteiger charge is 2.20. The zero-order chi connectivity index (χ0) is 15.4. The van der Waals surface area contributed by atoms with Gasteiger partial charge in [-0.2, -0.15) is 0 Å². The number of benzene rings is 1. The molecule has 1 aromatic rings. The molecule has 112 valence electrons. The molecule has 0 saturated carbocycles. The Morgan fingerprint density at radius 1 is 1.19 bits per heavy atom. The number of hydrogen-bond acceptors (Lipinski definition) is 2. The van der Waals surface area contributed by atoms with E-state index in [-0.39, 0.29) is 5.56 Å². The van der Waals surface area contributed by atoms with Crippen molar-refractivity contribution in [2.45, 2.75) is 25.7 Å². The number of carbonyl (C=O) groups is 2. The molecule has 0 unspecified atom stereocenters. The van der Waals surface area contributed by atoms with Crippen LogP contribution in [0.4, 0.5) is 8.78 Å². The standard InChI is InChI=1S/C15H15F2NO3/c16-12-7-10(11(15(20)21)8-13(12)17)14(19)18-6-5-9-3-1-2-4-9/h3,7-8H,1-2,4-6H2,(H,18,19)(H,20,21). The van der Waals surface area contributed by atoms with Gasteiger partial charge in [0.2, 0.25) is 0 Å². The molecule has 1 aliphatic carbocycles. The van der Waals surface area contributed by atoms with Crippen LogP contribution in [0.5, 0.6) is 0 Å². The van der Waals surface area contributed by atoms with Crippen molar-refractivity contribution in [2.75, 3.05) is 6.54 Å². The summed E-state index contributed by atoms with van der Waals surface area (Å²) in [6, 6.07) is 1.13. The van der Waals surface area contributed by atoms with Crippen molar-refractivity contribution in [1.82, 2.24) is 5.32 Å². The first-order valence-electron chi connectivity index (χ1n) is 6.67. The van der Waals surface area contributed by atoms with Crippen LogP contribution in [-0.4, -0.2) is 23.5 Å². The Morgan fingerprint density at radius 2 is 1.86 bits per heavy atom. The van der Waals surface area contributed by atoms with Crippen molar-refractivity contribution in [3.63, 3.8) is 0 Å². The highest BCUT2D eigenvalue weighted by Crippen LogP contribution is 2.20. The number of hydrogen-bond donors (Lipinski definition) is 2. The second-order valence-electron chi connectivity index (χ2n) is 4.88. The van der Waals surface area contributed by atoms with Gasteiger partial charge < -0.3 is 10.4 Å². The molecule has 4 nitrogen and oxygen atoms in total. The van der Waals surface area contributed by atoms with Crippen LogP contribution in [-0.2, 0) is 0 Å². The van der Waals surface area contributed by atoms with Crippen LogP contribution in [0.2, 0.25) is 0 Å². The quantitative estimate of drug-likeness (QED) is 0.821. The van der Waals surface area contributed by atoms with E-state index < -0.39 is 29.1 Å². The topological polar surface area (TPSA) is 66.4 Å². The minimum absolute atomic E-state index is 0.336. The van der Waals surface area contributed by atoms with Gasteiger partial charge in [0.05, 0.1) is 11.1 Å². The second kappa shape index (κ2) is 6.47. The van der Waals surface area contributed by atoms with Crippen LogP contribution in [0.3, 0.4) is 0 Å². The molecule has 0 aromatic heterocycles. The molecule has 0 atom stereocenters. The van der Waals surface area contributed by atoms with E-state index in [0.29, 0.717) is 25.1 Å². The molecule has 0 aliphatic heterocycles. The summed E-state index contributed by atoms with van der Waals surface area (Å²) in [6.45, 7) is 0.336. The van der Waals surface area contributed by atoms with Gasteiger partial charge in [0, 0.05) is 6.54 Å². The molecule has 1 aliphatic rings. The van der Waals surface area contributed by atoms with Gasteiger partial charge in [-0.05, 0) is 37.8 Å². The van der Waals surface area contributed by atoms with E-state index in [1.54, 1.807) is 0 Å². The fourth-order valence-electron chi connectivity index (χ4n) is 2.31. The third kappa shape index (κ3) is 3.65. The van der Waals surface area contributed by atoms with Gasteiger partial charge >= 0.3 is 5.97 Å². The van der Waals surface area contributed by atoms with Crippen molar-refractivity contribution in [3.05, 3.63) is 46.5 Å². The monoisotopic (exact) mass is 295 g/mol. The Bertz CT molecular complexity index is 611. The third-order valence-electron chi connectivity index (χ3n) is 3.40. The lowest BCUT2D eigenvalue weighted by molar-refractivity contribution is 0.0690. The largest absolute Gasteiger partial charge is 0.478 e. The van der Waals surface area contributed by atoms with Gasteiger partial charge in [-0.25, -0.2) is 13.6 Å². The number of carbonyl (C=O) groups excluding carboxylic acids is 1. The average molecular weight is 295 g/mol. The summed E-state index contributed by atoms with van der Waals surface area (Å²) < 4.78 is 26.3. The molecule has 0 bridgehead atoms. The Hall–Kier alpha value is -2.24. The average Bonchev–Trinajstić information content (AvgIpc) is 2.94. The number of aromatic carboxylic acids is 1. The summed E-state index contributed by atoms with van der Waals surface area (Å²) in [5, 5.41) is 11.5. The summed E-state index contributed by atoms with van der Waals surface area (Å²) in [5.41, 5.74) is 0.326. The Kier molecular flexibility index (Phi) is 4.67. The van der Waals surface area contributed by atoms with E-state index in [1.165, 1.54) is 5.57 Å². The van der Waals surface area contributed by atoms with Crippen molar-refractivity contribution < 1.29 is 23.5 Å². The molecule has 2 N–H and O–H groups in total. The lowest BCUT2D eigenvalue weighted by Gasteiger charge is -2.09. The van der Waals surface area contributed by atoms with Crippen molar-refractivity contribution in [3.8, 4) is 0 Å². The zero-order valence-corrected chi connectivity index (χ0v) is 11.3. The highest BCUT2D eigenvalue weighted by molar-refractivity contribution is 6.04.